The maximum atomic E-state index is 11.5. The van der Waals surface area contributed by atoms with Crippen molar-refractivity contribution in [2.45, 2.75) is 18.9 Å². The van der Waals surface area contributed by atoms with Crippen LogP contribution < -0.4 is 16.0 Å². The molecule has 1 aromatic heterocycles. The summed E-state index contributed by atoms with van der Waals surface area (Å²) in [5.41, 5.74) is 6.50. The molecular formula is C13H15N5O2S. The normalized spacial score (nSPS) is 22.0. The number of nitrogens with one attached hydrogen (secondary N) is 1. The molecule has 0 unspecified atom stereocenters. The lowest BCUT2D eigenvalue weighted by atomic mass is 10.1. The SMILES string of the molecule is NC1CCN(c2nccc(/C=C3/SC(=O)NC3=O)n2)CC1. The third-order valence-electron chi connectivity index (χ3n) is 3.41. The number of thioether (sulfide) groups is 1. The number of hydrogen-bond donors (Lipinski definition) is 2. The molecule has 1 aromatic rings. The van der Waals surface area contributed by atoms with E-state index in [0.29, 0.717) is 16.5 Å². The Kier molecular flexibility index (Phi) is 3.89. The number of nitrogens with two attached hydrogens (primary N) is 1. The van der Waals surface area contributed by atoms with E-state index in [0.717, 1.165) is 37.7 Å². The van der Waals surface area contributed by atoms with Crippen LogP contribution in [-0.4, -0.2) is 40.2 Å². The largest absolute Gasteiger partial charge is 0.341 e. The quantitative estimate of drug-likeness (QED) is 0.777. The van der Waals surface area contributed by atoms with Crippen LogP contribution in [0.3, 0.4) is 0 Å². The minimum absolute atomic E-state index is 0.246. The van der Waals surface area contributed by atoms with Crippen LogP contribution in [0.5, 0.6) is 0 Å². The van der Waals surface area contributed by atoms with Crippen LogP contribution in [0, 0.1) is 0 Å². The monoisotopic (exact) mass is 305 g/mol. The Morgan fingerprint density at radius 1 is 1.38 bits per heavy atom. The van der Waals surface area contributed by atoms with Crippen LogP contribution in [0.15, 0.2) is 17.2 Å². The van der Waals surface area contributed by atoms with Crippen molar-refractivity contribution in [2.24, 2.45) is 5.73 Å². The molecule has 2 amide bonds. The fraction of sp³-hybridized carbons (Fsp3) is 0.385. The molecule has 0 atom stereocenters. The van der Waals surface area contributed by atoms with Gasteiger partial charge in [-0.3, -0.25) is 14.9 Å². The first-order valence-corrected chi connectivity index (χ1v) is 7.52. The standard InChI is InChI=1S/C13H15N5O2S/c14-8-2-5-18(6-3-8)12-15-4-1-9(16-12)7-10-11(19)17-13(20)21-10/h1,4,7-8H,2-3,5-6,14H2,(H,17,19,20)/b10-7+. The number of anilines is 1. The van der Waals surface area contributed by atoms with Gasteiger partial charge in [0.15, 0.2) is 0 Å². The highest BCUT2D eigenvalue weighted by Gasteiger charge is 2.25. The van der Waals surface area contributed by atoms with Gasteiger partial charge in [0.25, 0.3) is 11.1 Å². The summed E-state index contributed by atoms with van der Waals surface area (Å²) in [6.45, 7) is 1.66. The second-order valence-electron chi connectivity index (χ2n) is 4.96. The summed E-state index contributed by atoms with van der Waals surface area (Å²) < 4.78 is 0. The fourth-order valence-corrected chi connectivity index (χ4v) is 2.92. The first kappa shape index (κ1) is 14.0. The molecule has 2 saturated heterocycles. The minimum atomic E-state index is -0.380. The van der Waals surface area contributed by atoms with Gasteiger partial charge in [-0.2, -0.15) is 0 Å². The van der Waals surface area contributed by atoms with Crippen molar-refractivity contribution in [1.82, 2.24) is 15.3 Å². The summed E-state index contributed by atoms with van der Waals surface area (Å²) in [5, 5.41) is 1.86. The second kappa shape index (κ2) is 5.82. The summed E-state index contributed by atoms with van der Waals surface area (Å²) in [6.07, 6.45) is 5.09. The van der Waals surface area contributed by atoms with Gasteiger partial charge in [0.1, 0.15) is 0 Å². The van der Waals surface area contributed by atoms with Crippen molar-refractivity contribution < 1.29 is 9.59 Å². The van der Waals surface area contributed by atoms with E-state index >= 15 is 0 Å². The minimum Gasteiger partial charge on any atom is -0.341 e. The van der Waals surface area contributed by atoms with E-state index < -0.39 is 0 Å². The molecule has 110 valence electrons. The number of piperidine rings is 1. The van der Waals surface area contributed by atoms with Crippen molar-refractivity contribution in [2.75, 3.05) is 18.0 Å². The van der Waals surface area contributed by atoms with Gasteiger partial charge in [0.2, 0.25) is 5.95 Å². The Bertz CT molecular complexity index is 610. The molecule has 0 bridgehead atoms. The molecule has 0 aliphatic carbocycles. The molecule has 2 aliphatic rings. The Labute approximate surface area is 126 Å². The highest BCUT2D eigenvalue weighted by molar-refractivity contribution is 8.18. The molecule has 21 heavy (non-hydrogen) atoms. The first-order valence-electron chi connectivity index (χ1n) is 6.70. The number of nitrogens with zero attached hydrogens (tertiary/aromatic N) is 3. The molecule has 0 radical (unpaired) electrons. The number of amides is 2. The summed E-state index contributed by atoms with van der Waals surface area (Å²) >= 11 is 0.881. The lowest BCUT2D eigenvalue weighted by molar-refractivity contribution is -0.115. The third kappa shape index (κ3) is 3.22. The smallest absolute Gasteiger partial charge is 0.290 e. The van der Waals surface area contributed by atoms with Gasteiger partial charge in [0, 0.05) is 25.3 Å². The molecule has 3 N–H and O–H groups in total. The Morgan fingerprint density at radius 2 is 2.14 bits per heavy atom. The molecular weight excluding hydrogens is 290 g/mol. The lowest BCUT2D eigenvalue weighted by Crippen LogP contribution is -2.40. The van der Waals surface area contributed by atoms with E-state index in [9.17, 15) is 9.59 Å². The van der Waals surface area contributed by atoms with Crippen LogP contribution in [0.1, 0.15) is 18.5 Å². The van der Waals surface area contributed by atoms with Crippen LogP contribution in [0.2, 0.25) is 0 Å². The zero-order chi connectivity index (χ0) is 14.8. The molecule has 2 fully saturated rings. The molecule has 3 rings (SSSR count). The van der Waals surface area contributed by atoms with Gasteiger partial charge < -0.3 is 10.6 Å². The van der Waals surface area contributed by atoms with E-state index in [1.54, 1.807) is 18.3 Å². The molecule has 3 heterocycles. The lowest BCUT2D eigenvalue weighted by Gasteiger charge is -2.30. The highest BCUT2D eigenvalue weighted by atomic mass is 32.2. The number of carbonyl (C=O) groups is 2. The summed E-state index contributed by atoms with van der Waals surface area (Å²) in [7, 11) is 0. The van der Waals surface area contributed by atoms with Gasteiger partial charge in [-0.1, -0.05) is 0 Å². The number of imide groups is 1. The first-order chi connectivity index (χ1) is 10.1. The van der Waals surface area contributed by atoms with Crippen LogP contribution in [0.25, 0.3) is 6.08 Å². The van der Waals surface area contributed by atoms with Crippen LogP contribution in [0.4, 0.5) is 10.7 Å². The van der Waals surface area contributed by atoms with Crippen molar-refractivity contribution in [3.63, 3.8) is 0 Å². The van der Waals surface area contributed by atoms with E-state index in [1.165, 1.54) is 0 Å². The molecule has 0 saturated carbocycles. The topological polar surface area (TPSA) is 101 Å². The van der Waals surface area contributed by atoms with Crippen molar-refractivity contribution in [3.8, 4) is 0 Å². The predicted octanol–water partition coefficient (Wildman–Crippen LogP) is 0.728. The van der Waals surface area contributed by atoms with Crippen molar-refractivity contribution in [1.29, 1.82) is 0 Å². The van der Waals surface area contributed by atoms with Gasteiger partial charge in [-0.15, -0.1) is 0 Å². The van der Waals surface area contributed by atoms with Gasteiger partial charge >= 0.3 is 0 Å². The van der Waals surface area contributed by atoms with Crippen molar-refractivity contribution in [3.05, 3.63) is 22.9 Å². The summed E-state index contributed by atoms with van der Waals surface area (Å²) in [5.74, 6) is 0.250. The zero-order valence-electron chi connectivity index (χ0n) is 11.3. The highest BCUT2D eigenvalue weighted by Crippen LogP contribution is 2.25. The molecule has 8 heteroatoms. The maximum Gasteiger partial charge on any atom is 0.290 e. The summed E-state index contributed by atoms with van der Waals surface area (Å²) in [6, 6.07) is 1.96. The van der Waals surface area contributed by atoms with E-state index in [1.807, 2.05) is 0 Å². The van der Waals surface area contributed by atoms with E-state index in [-0.39, 0.29) is 17.2 Å². The Morgan fingerprint density at radius 3 is 2.81 bits per heavy atom. The van der Waals surface area contributed by atoms with Crippen LogP contribution in [-0.2, 0) is 4.79 Å². The number of carbonyl (C=O) groups excluding carboxylic acids is 2. The summed E-state index contributed by atoms with van der Waals surface area (Å²) in [4.78, 5) is 33.8. The Balaban J connectivity index is 1.79. The van der Waals surface area contributed by atoms with Gasteiger partial charge in [0.05, 0.1) is 10.6 Å². The maximum absolute atomic E-state index is 11.5. The molecule has 2 aliphatic heterocycles. The molecule has 0 aromatic carbocycles. The number of hydrogen-bond acceptors (Lipinski definition) is 7. The van der Waals surface area contributed by atoms with Gasteiger partial charge in [-0.25, -0.2) is 9.97 Å². The predicted molar refractivity (Wildman–Crippen MR) is 80.6 cm³/mol. The van der Waals surface area contributed by atoms with E-state index in [4.69, 9.17) is 5.73 Å². The van der Waals surface area contributed by atoms with Crippen LogP contribution >= 0.6 is 11.8 Å². The van der Waals surface area contributed by atoms with Gasteiger partial charge in [-0.05, 0) is 36.7 Å². The number of rotatable bonds is 2. The second-order valence-corrected chi connectivity index (χ2v) is 5.97. The van der Waals surface area contributed by atoms with E-state index in [2.05, 4.69) is 20.2 Å². The third-order valence-corrected chi connectivity index (χ3v) is 4.22. The molecule has 7 nitrogen and oxygen atoms in total. The zero-order valence-corrected chi connectivity index (χ0v) is 12.1. The average Bonchev–Trinajstić information content (AvgIpc) is 2.78. The fourth-order valence-electron chi connectivity index (χ4n) is 2.25. The number of aromatic nitrogens is 2. The Hall–Kier alpha value is -1.93. The molecule has 0 spiro atoms. The average molecular weight is 305 g/mol. The van der Waals surface area contributed by atoms with Crippen molar-refractivity contribution >= 4 is 34.9 Å².